The minimum atomic E-state index is -0.370. The van der Waals surface area contributed by atoms with E-state index in [9.17, 15) is 4.79 Å². The van der Waals surface area contributed by atoms with Crippen molar-refractivity contribution in [2.75, 3.05) is 7.11 Å². The molecule has 1 atom stereocenters. The summed E-state index contributed by atoms with van der Waals surface area (Å²) in [5.41, 5.74) is 7.16. The number of H-pyrrole nitrogens is 3. The molecule has 1 aliphatic heterocycles. The van der Waals surface area contributed by atoms with Crippen molar-refractivity contribution in [3.05, 3.63) is 116 Å². The summed E-state index contributed by atoms with van der Waals surface area (Å²) in [5.74, 6) is 0.705. The number of fused-ring (bicyclic) bond motifs is 3. The van der Waals surface area contributed by atoms with E-state index in [4.69, 9.17) is 39.0 Å². The topological polar surface area (TPSA) is 101 Å². The van der Waals surface area contributed by atoms with E-state index in [0.29, 0.717) is 32.6 Å². The highest BCUT2D eigenvalue weighted by molar-refractivity contribution is 7.72. The summed E-state index contributed by atoms with van der Waals surface area (Å²) in [7, 11) is 1.63. The fourth-order valence-corrected chi connectivity index (χ4v) is 6.32. The molecule has 208 valence electrons. The van der Waals surface area contributed by atoms with E-state index in [-0.39, 0.29) is 11.8 Å². The number of benzene rings is 3. The molecule has 0 aliphatic carbocycles. The van der Waals surface area contributed by atoms with Gasteiger partial charge in [0.1, 0.15) is 16.1 Å². The van der Waals surface area contributed by atoms with Gasteiger partial charge in [-0.2, -0.15) is 9.78 Å². The second-order valence-electron chi connectivity index (χ2n) is 10.3. The van der Waals surface area contributed by atoms with Crippen LogP contribution in [0.1, 0.15) is 44.4 Å². The molecule has 3 aromatic heterocycles. The highest BCUT2D eigenvalue weighted by Gasteiger charge is 2.38. The van der Waals surface area contributed by atoms with Crippen molar-refractivity contribution >= 4 is 41.2 Å². The normalized spacial score (nSPS) is 13.8. The van der Waals surface area contributed by atoms with Crippen LogP contribution in [0, 0.1) is 23.3 Å². The number of methoxy groups -OCH3 is 1. The minimum Gasteiger partial charge on any atom is -0.497 e. The van der Waals surface area contributed by atoms with Gasteiger partial charge in [0.25, 0.3) is 5.91 Å². The Labute approximate surface area is 251 Å². The maximum atomic E-state index is 14.5. The third-order valence-corrected chi connectivity index (χ3v) is 8.18. The van der Waals surface area contributed by atoms with Gasteiger partial charge in [-0.15, -0.1) is 0 Å². The fourth-order valence-electron chi connectivity index (χ4n) is 5.75. The van der Waals surface area contributed by atoms with Crippen LogP contribution in [0.4, 0.5) is 0 Å². The first-order valence-electron chi connectivity index (χ1n) is 13.3. The Hall–Kier alpha value is -4.80. The minimum absolute atomic E-state index is 0.311. The number of hydrogen-bond acceptors (Lipinski definition) is 6. The van der Waals surface area contributed by atoms with Crippen LogP contribution in [0.15, 0.2) is 72.8 Å². The van der Waals surface area contributed by atoms with Gasteiger partial charge >= 0.3 is 0 Å². The fraction of sp³-hybridized carbons (Fsp3) is 0.125. The van der Waals surface area contributed by atoms with Gasteiger partial charge in [-0.3, -0.25) is 4.79 Å². The van der Waals surface area contributed by atoms with Crippen molar-refractivity contribution < 1.29 is 14.3 Å². The van der Waals surface area contributed by atoms with Crippen molar-refractivity contribution in [3.8, 4) is 28.6 Å². The number of carbonyl (C=O) groups is 1. The van der Waals surface area contributed by atoms with Crippen LogP contribution >= 0.6 is 24.4 Å². The molecule has 1 aliphatic rings. The monoisotopic (exact) mass is 591 g/mol. The molecule has 0 radical (unpaired) electrons. The van der Waals surface area contributed by atoms with Gasteiger partial charge in [0.05, 0.1) is 23.9 Å². The van der Waals surface area contributed by atoms with Crippen molar-refractivity contribution in [2.45, 2.75) is 19.8 Å². The molecule has 6 aromatic rings. The van der Waals surface area contributed by atoms with Crippen LogP contribution in [0.2, 0.25) is 0 Å². The molecule has 42 heavy (non-hydrogen) atoms. The zero-order chi connectivity index (χ0) is 29.1. The van der Waals surface area contributed by atoms with E-state index in [1.54, 1.807) is 7.11 Å². The molecule has 0 spiro atoms. The molecular formula is C32H25N5O3S2. The molecule has 4 heterocycles. The maximum absolute atomic E-state index is 14.5. The molecule has 0 fully saturated rings. The Morgan fingerprint density at radius 2 is 1.71 bits per heavy atom. The van der Waals surface area contributed by atoms with Gasteiger partial charge in [-0.25, -0.2) is 0 Å². The molecule has 3 N–H and O–H groups in total. The largest absolute Gasteiger partial charge is 0.497 e. The van der Waals surface area contributed by atoms with Crippen molar-refractivity contribution in [1.29, 1.82) is 0 Å². The van der Waals surface area contributed by atoms with E-state index in [1.165, 1.54) is 4.68 Å². The number of ether oxygens (including phenoxy) is 2. The van der Waals surface area contributed by atoms with Crippen molar-refractivity contribution in [1.82, 2.24) is 24.7 Å². The Morgan fingerprint density at radius 1 is 0.952 bits per heavy atom. The van der Waals surface area contributed by atoms with E-state index < -0.39 is 0 Å². The SMILES string of the molecule is COc1ccc(C2c3c(C)nn(C(=O)c4[nH]c5ccc(C)cc5c4-c4ccccc4)c3Oc3[nH]c(=S)[nH]c(=S)c32)cc1. The molecule has 0 bridgehead atoms. The third kappa shape index (κ3) is 4.10. The lowest BCUT2D eigenvalue weighted by molar-refractivity contribution is 0.0931. The van der Waals surface area contributed by atoms with Crippen LogP contribution in [0.5, 0.6) is 17.5 Å². The van der Waals surface area contributed by atoms with E-state index in [1.807, 2.05) is 80.6 Å². The standard InChI is InChI=1S/C32H25N5O3S2/c1-16-9-14-22-21(15-16)24(18-7-5-4-6-8-18)27(33-22)30(38)37-31-23(17(2)36-37)25(19-10-12-20(39-3)13-11-19)26-28(40-31)34-32(42)35-29(26)41/h4-15,25,33H,1-3H3,(H2,34,35,41,42). The van der Waals surface area contributed by atoms with Crippen molar-refractivity contribution in [2.24, 2.45) is 0 Å². The van der Waals surface area contributed by atoms with Crippen LogP contribution in [0.3, 0.4) is 0 Å². The molecule has 7 rings (SSSR count). The maximum Gasteiger partial charge on any atom is 0.298 e. The number of aryl methyl sites for hydroxylation is 2. The molecule has 10 heteroatoms. The number of aromatic nitrogens is 5. The zero-order valence-corrected chi connectivity index (χ0v) is 24.6. The second kappa shape index (κ2) is 9.93. The summed E-state index contributed by atoms with van der Waals surface area (Å²) in [4.78, 5) is 24.0. The second-order valence-corrected chi connectivity index (χ2v) is 11.1. The quantitative estimate of drug-likeness (QED) is 0.181. The Morgan fingerprint density at radius 3 is 2.45 bits per heavy atom. The Bertz CT molecular complexity index is 2140. The number of hydrogen-bond donors (Lipinski definition) is 3. The Kier molecular flexibility index (Phi) is 6.18. The third-order valence-electron chi connectivity index (χ3n) is 7.65. The van der Waals surface area contributed by atoms with Crippen LogP contribution in [-0.2, 0) is 0 Å². The number of nitrogens with one attached hydrogen (secondary N) is 3. The summed E-state index contributed by atoms with van der Waals surface area (Å²) in [6, 6.07) is 23.7. The highest BCUT2D eigenvalue weighted by atomic mass is 32.1. The molecule has 8 nitrogen and oxygen atoms in total. The molecule has 1 unspecified atom stereocenters. The van der Waals surface area contributed by atoms with Gasteiger partial charge in [0.2, 0.25) is 11.8 Å². The lowest BCUT2D eigenvalue weighted by Crippen LogP contribution is -2.20. The summed E-state index contributed by atoms with van der Waals surface area (Å²) in [6.07, 6.45) is 0. The van der Waals surface area contributed by atoms with Gasteiger partial charge in [0, 0.05) is 22.4 Å². The molecular weight excluding hydrogens is 567 g/mol. The summed E-state index contributed by atoms with van der Waals surface area (Å²) >= 11 is 11.1. The average molecular weight is 592 g/mol. The zero-order valence-electron chi connectivity index (χ0n) is 22.9. The summed E-state index contributed by atoms with van der Waals surface area (Å²) in [6.45, 7) is 3.91. The highest BCUT2D eigenvalue weighted by Crippen LogP contribution is 2.48. The first-order chi connectivity index (χ1) is 20.3. The van der Waals surface area contributed by atoms with Gasteiger partial charge in [-0.1, -0.05) is 66.3 Å². The number of rotatable bonds is 4. The van der Waals surface area contributed by atoms with E-state index in [0.717, 1.165) is 50.0 Å². The molecule has 0 saturated carbocycles. The Balaban J connectivity index is 1.46. The summed E-state index contributed by atoms with van der Waals surface area (Å²) in [5, 5.41) is 5.71. The smallest absolute Gasteiger partial charge is 0.298 e. The first-order valence-corrected chi connectivity index (χ1v) is 14.2. The van der Waals surface area contributed by atoms with Crippen LogP contribution in [-0.4, -0.2) is 37.7 Å². The first kappa shape index (κ1) is 26.1. The van der Waals surface area contributed by atoms with E-state index >= 15 is 0 Å². The number of nitrogens with zero attached hydrogens (tertiary/aromatic N) is 2. The van der Waals surface area contributed by atoms with Gasteiger partial charge < -0.3 is 24.4 Å². The van der Waals surface area contributed by atoms with Crippen LogP contribution < -0.4 is 9.47 Å². The summed E-state index contributed by atoms with van der Waals surface area (Å²) < 4.78 is 13.9. The predicted octanol–water partition coefficient (Wildman–Crippen LogP) is 7.75. The molecule has 3 aromatic carbocycles. The van der Waals surface area contributed by atoms with Gasteiger partial charge in [0.15, 0.2) is 4.77 Å². The number of carbonyl (C=O) groups excluding carboxylic acids is 1. The van der Waals surface area contributed by atoms with Crippen LogP contribution in [0.25, 0.3) is 22.0 Å². The van der Waals surface area contributed by atoms with Crippen molar-refractivity contribution in [3.63, 3.8) is 0 Å². The molecule has 0 amide bonds. The van der Waals surface area contributed by atoms with E-state index in [2.05, 4.69) is 21.0 Å². The number of aromatic amines is 3. The lowest BCUT2D eigenvalue weighted by atomic mass is 9.85. The molecule has 0 saturated heterocycles. The average Bonchev–Trinajstić information content (AvgIpc) is 3.53. The predicted molar refractivity (Wildman–Crippen MR) is 166 cm³/mol. The van der Waals surface area contributed by atoms with Gasteiger partial charge in [-0.05, 0) is 61.5 Å². The lowest BCUT2D eigenvalue weighted by Gasteiger charge is -2.26.